The Hall–Kier alpha value is -2.93. The molecule has 1 aliphatic heterocycles. The Bertz CT molecular complexity index is 774. The number of hydrogen-bond acceptors (Lipinski definition) is 3. The highest BCUT2D eigenvalue weighted by Gasteiger charge is 2.18. The summed E-state index contributed by atoms with van der Waals surface area (Å²) in [6.45, 7) is 2.35. The van der Waals surface area contributed by atoms with Gasteiger partial charge in [-0.1, -0.05) is 18.2 Å². The lowest BCUT2D eigenvalue weighted by Gasteiger charge is -2.26. The summed E-state index contributed by atoms with van der Waals surface area (Å²) in [7, 11) is 0. The highest BCUT2D eigenvalue weighted by Crippen LogP contribution is 2.13. The van der Waals surface area contributed by atoms with Crippen LogP contribution in [-0.2, 0) is 11.3 Å². The maximum atomic E-state index is 13.5. The first-order valence-corrected chi connectivity index (χ1v) is 8.39. The summed E-state index contributed by atoms with van der Waals surface area (Å²) in [6.07, 6.45) is 0. The van der Waals surface area contributed by atoms with Gasteiger partial charge < -0.3 is 20.3 Å². The fourth-order valence-corrected chi connectivity index (χ4v) is 2.64. The molecule has 6 nitrogen and oxygen atoms in total. The first kappa shape index (κ1) is 17.9. The van der Waals surface area contributed by atoms with E-state index in [4.69, 9.17) is 4.74 Å². The molecule has 1 saturated heterocycles. The topological polar surface area (TPSA) is 70.7 Å². The first-order valence-electron chi connectivity index (χ1n) is 8.39. The number of nitrogens with one attached hydrogen (secondary N) is 2. The van der Waals surface area contributed by atoms with Gasteiger partial charge in [0.15, 0.2) is 0 Å². The predicted molar refractivity (Wildman–Crippen MR) is 95.4 cm³/mol. The number of benzene rings is 2. The number of halogens is 1. The maximum Gasteiger partial charge on any atom is 0.319 e. The average Bonchev–Trinajstić information content (AvgIpc) is 2.68. The Morgan fingerprint density at radius 2 is 1.73 bits per heavy atom. The summed E-state index contributed by atoms with van der Waals surface area (Å²) in [5.74, 6) is -0.414. The number of amides is 3. The average molecular weight is 357 g/mol. The van der Waals surface area contributed by atoms with Gasteiger partial charge in [-0.2, -0.15) is 0 Å². The van der Waals surface area contributed by atoms with E-state index in [2.05, 4.69) is 10.6 Å². The van der Waals surface area contributed by atoms with Crippen LogP contribution in [0.2, 0.25) is 0 Å². The van der Waals surface area contributed by atoms with Gasteiger partial charge in [0.2, 0.25) is 0 Å². The standard InChI is InChI=1S/C19H20FN3O3/c20-17-4-2-1-3-15(17)13-21-19(25)22-16-7-5-14(6-8-16)18(24)23-9-11-26-12-10-23/h1-8H,9-13H2,(H2,21,22,25). The van der Waals surface area contributed by atoms with Gasteiger partial charge in [0.25, 0.3) is 5.91 Å². The van der Waals surface area contributed by atoms with Crippen molar-refractivity contribution < 1.29 is 18.7 Å². The number of nitrogens with zero attached hydrogens (tertiary/aromatic N) is 1. The van der Waals surface area contributed by atoms with Gasteiger partial charge in [0, 0.05) is 36.4 Å². The second-order valence-corrected chi connectivity index (χ2v) is 5.88. The van der Waals surface area contributed by atoms with E-state index >= 15 is 0 Å². The van der Waals surface area contributed by atoms with Gasteiger partial charge in [0.1, 0.15) is 5.82 Å². The summed E-state index contributed by atoms with van der Waals surface area (Å²) >= 11 is 0. The molecule has 26 heavy (non-hydrogen) atoms. The van der Waals surface area contributed by atoms with Crippen LogP contribution in [0.1, 0.15) is 15.9 Å². The summed E-state index contributed by atoms with van der Waals surface area (Å²) in [5, 5.41) is 5.26. The Kier molecular flexibility index (Phi) is 5.80. The summed E-state index contributed by atoms with van der Waals surface area (Å²) in [5.41, 5.74) is 1.52. The molecule has 0 radical (unpaired) electrons. The van der Waals surface area contributed by atoms with Crippen molar-refractivity contribution >= 4 is 17.6 Å². The summed E-state index contributed by atoms with van der Waals surface area (Å²) < 4.78 is 18.8. The van der Waals surface area contributed by atoms with Gasteiger partial charge in [-0.3, -0.25) is 4.79 Å². The van der Waals surface area contributed by atoms with E-state index in [1.54, 1.807) is 47.4 Å². The quantitative estimate of drug-likeness (QED) is 0.884. The van der Waals surface area contributed by atoms with Crippen molar-refractivity contribution in [2.45, 2.75) is 6.54 Å². The minimum Gasteiger partial charge on any atom is -0.378 e. The molecule has 0 aliphatic carbocycles. The van der Waals surface area contributed by atoms with Gasteiger partial charge in [-0.05, 0) is 30.3 Å². The summed E-state index contributed by atoms with van der Waals surface area (Å²) in [4.78, 5) is 26.0. The Morgan fingerprint density at radius 3 is 2.42 bits per heavy atom. The van der Waals surface area contributed by atoms with Crippen LogP contribution in [0.25, 0.3) is 0 Å². The SMILES string of the molecule is O=C(NCc1ccccc1F)Nc1ccc(C(=O)N2CCOCC2)cc1. The third kappa shape index (κ3) is 4.58. The van der Waals surface area contributed by atoms with E-state index < -0.39 is 6.03 Å². The molecular weight excluding hydrogens is 337 g/mol. The maximum absolute atomic E-state index is 13.5. The van der Waals surface area contributed by atoms with Crippen LogP contribution < -0.4 is 10.6 Å². The third-order valence-electron chi connectivity index (χ3n) is 4.09. The number of carbonyl (C=O) groups excluding carboxylic acids is 2. The molecule has 136 valence electrons. The lowest BCUT2D eigenvalue weighted by Crippen LogP contribution is -2.40. The smallest absolute Gasteiger partial charge is 0.319 e. The molecule has 2 aromatic rings. The zero-order valence-corrected chi connectivity index (χ0v) is 14.2. The van der Waals surface area contributed by atoms with Crippen molar-refractivity contribution in [3.05, 3.63) is 65.5 Å². The van der Waals surface area contributed by atoms with Crippen molar-refractivity contribution in [2.75, 3.05) is 31.6 Å². The lowest BCUT2D eigenvalue weighted by molar-refractivity contribution is 0.0303. The van der Waals surface area contributed by atoms with Gasteiger partial charge in [-0.25, -0.2) is 9.18 Å². The molecule has 1 fully saturated rings. The van der Waals surface area contributed by atoms with Crippen molar-refractivity contribution in [1.82, 2.24) is 10.2 Å². The van der Waals surface area contributed by atoms with Crippen LogP contribution in [0.3, 0.4) is 0 Å². The number of anilines is 1. The number of morpholine rings is 1. The highest BCUT2D eigenvalue weighted by atomic mass is 19.1. The molecule has 1 aliphatic rings. The van der Waals surface area contributed by atoms with Crippen molar-refractivity contribution in [1.29, 1.82) is 0 Å². The minimum atomic E-state index is -0.444. The highest BCUT2D eigenvalue weighted by molar-refractivity contribution is 5.95. The van der Waals surface area contributed by atoms with Gasteiger partial charge in [-0.15, -0.1) is 0 Å². The minimum absolute atomic E-state index is 0.0520. The van der Waals surface area contributed by atoms with Gasteiger partial charge >= 0.3 is 6.03 Å². The Balaban J connectivity index is 1.52. The van der Waals surface area contributed by atoms with Crippen LogP contribution >= 0.6 is 0 Å². The molecule has 0 saturated carbocycles. The van der Waals surface area contributed by atoms with E-state index in [0.29, 0.717) is 43.1 Å². The normalized spacial score (nSPS) is 14.0. The Labute approximate surface area is 150 Å². The second kappa shape index (κ2) is 8.44. The molecule has 2 aromatic carbocycles. The third-order valence-corrected chi connectivity index (χ3v) is 4.09. The van der Waals surface area contributed by atoms with Crippen molar-refractivity contribution in [3.63, 3.8) is 0 Å². The molecule has 0 bridgehead atoms. The molecule has 2 N–H and O–H groups in total. The zero-order valence-electron chi connectivity index (χ0n) is 14.2. The number of hydrogen-bond donors (Lipinski definition) is 2. The fraction of sp³-hybridized carbons (Fsp3) is 0.263. The molecule has 3 rings (SSSR count). The molecule has 1 heterocycles. The number of urea groups is 1. The lowest BCUT2D eigenvalue weighted by atomic mass is 10.1. The zero-order chi connectivity index (χ0) is 18.4. The molecule has 0 atom stereocenters. The van der Waals surface area contributed by atoms with E-state index in [1.807, 2.05) is 0 Å². The van der Waals surface area contributed by atoms with Crippen LogP contribution in [-0.4, -0.2) is 43.1 Å². The molecule has 0 aromatic heterocycles. The van der Waals surface area contributed by atoms with E-state index in [1.165, 1.54) is 6.07 Å². The van der Waals surface area contributed by atoms with E-state index in [9.17, 15) is 14.0 Å². The van der Waals surface area contributed by atoms with Crippen molar-refractivity contribution in [3.8, 4) is 0 Å². The van der Waals surface area contributed by atoms with Gasteiger partial charge in [0.05, 0.1) is 13.2 Å². The van der Waals surface area contributed by atoms with E-state index in [-0.39, 0.29) is 18.3 Å². The summed E-state index contributed by atoms with van der Waals surface area (Å²) in [6, 6.07) is 12.5. The Morgan fingerprint density at radius 1 is 1.04 bits per heavy atom. The fourth-order valence-electron chi connectivity index (χ4n) is 2.64. The van der Waals surface area contributed by atoms with Crippen LogP contribution in [0.4, 0.5) is 14.9 Å². The number of rotatable bonds is 4. The molecular formula is C19H20FN3O3. The molecule has 7 heteroatoms. The molecule has 0 unspecified atom stereocenters. The number of carbonyl (C=O) groups is 2. The monoisotopic (exact) mass is 357 g/mol. The van der Waals surface area contributed by atoms with E-state index in [0.717, 1.165) is 0 Å². The predicted octanol–water partition coefficient (Wildman–Crippen LogP) is 2.62. The van der Waals surface area contributed by atoms with Crippen LogP contribution in [0, 0.1) is 5.82 Å². The molecule has 0 spiro atoms. The largest absolute Gasteiger partial charge is 0.378 e. The second-order valence-electron chi connectivity index (χ2n) is 5.88. The van der Waals surface area contributed by atoms with Crippen LogP contribution in [0.15, 0.2) is 48.5 Å². The molecule has 3 amide bonds. The van der Waals surface area contributed by atoms with Crippen molar-refractivity contribution in [2.24, 2.45) is 0 Å². The first-order chi connectivity index (χ1) is 12.6. The number of ether oxygens (including phenoxy) is 1. The van der Waals surface area contributed by atoms with Crippen LogP contribution in [0.5, 0.6) is 0 Å².